The molecule has 0 spiro atoms. The third-order valence-electron chi connectivity index (χ3n) is 2.30. The van der Waals surface area contributed by atoms with Crippen molar-refractivity contribution in [1.29, 1.82) is 0 Å². The van der Waals surface area contributed by atoms with E-state index in [9.17, 15) is 5.11 Å². The van der Waals surface area contributed by atoms with E-state index in [2.05, 4.69) is 32.0 Å². The molecule has 0 heterocycles. The summed E-state index contributed by atoms with van der Waals surface area (Å²) in [6.45, 7) is 7.90. The summed E-state index contributed by atoms with van der Waals surface area (Å²) in [7, 11) is 0. The molecular weight excluding hydrogens is 172 g/mol. The van der Waals surface area contributed by atoms with Crippen LogP contribution in [0.5, 0.6) is 0 Å². The number of hydrogen-bond acceptors (Lipinski definition) is 1. The fourth-order valence-corrected chi connectivity index (χ4v) is 1.48. The van der Waals surface area contributed by atoms with Crippen molar-refractivity contribution in [2.75, 3.05) is 0 Å². The molecule has 1 aromatic carbocycles. The maximum Gasteiger partial charge on any atom is 0.0722 e. The van der Waals surface area contributed by atoms with Gasteiger partial charge in [0, 0.05) is 0 Å². The first kappa shape index (κ1) is 11.0. The van der Waals surface area contributed by atoms with Crippen LogP contribution in [-0.2, 0) is 0 Å². The van der Waals surface area contributed by atoms with Crippen molar-refractivity contribution in [3.05, 3.63) is 40.5 Å². The monoisotopic (exact) mass is 190 g/mol. The minimum Gasteiger partial charge on any atom is -0.389 e. The van der Waals surface area contributed by atoms with Gasteiger partial charge < -0.3 is 5.11 Å². The zero-order valence-electron chi connectivity index (χ0n) is 9.33. The minimum absolute atomic E-state index is 0.365. The van der Waals surface area contributed by atoms with E-state index in [4.69, 9.17) is 0 Å². The standard InChI is InChI=1S/C13H18O/c1-9-5-10(2)7-13(6-9)8-11(3)12(4)14/h5-8,12,14H,1-4H3/b11-8+. The molecule has 0 aliphatic heterocycles. The van der Waals surface area contributed by atoms with E-state index >= 15 is 0 Å². The molecule has 14 heavy (non-hydrogen) atoms. The van der Waals surface area contributed by atoms with Crippen LogP contribution in [0.4, 0.5) is 0 Å². The number of aliphatic hydroxyl groups is 1. The average molecular weight is 190 g/mol. The molecule has 1 N–H and O–H groups in total. The Morgan fingerprint density at radius 3 is 2.14 bits per heavy atom. The predicted molar refractivity (Wildman–Crippen MR) is 61.2 cm³/mol. The lowest BCUT2D eigenvalue weighted by Gasteiger charge is -2.05. The van der Waals surface area contributed by atoms with E-state index in [0.717, 1.165) is 5.57 Å². The van der Waals surface area contributed by atoms with Gasteiger partial charge in [0.2, 0.25) is 0 Å². The van der Waals surface area contributed by atoms with Crippen molar-refractivity contribution in [3.63, 3.8) is 0 Å². The van der Waals surface area contributed by atoms with Gasteiger partial charge in [0.25, 0.3) is 0 Å². The lowest BCUT2D eigenvalue weighted by molar-refractivity contribution is 0.232. The van der Waals surface area contributed by atoms with Crippen LogP contribution < -0.4 is 0 Å². The number of hydrogen-bond donors (Lipinski definition) is 1. The van der Waals surface area contributed by atoms with Crippen molar-refractivity contribution >= 4 is 6.08 Å². The van der Waals surface area contributed by atoms with Crippen molar-refractivity contribution < 1.29 is 5.11 Å². The molecule has 0 bridgehead atoms. The highest BCUT2D eigenvalue weighted by molar-refractivity contribution is 5.55. The molecule has 0 saturated heterocycles. The smallest absolute Gasteiger partial charge is 0.0722 e. The molecule has 1 heteroatoms. The summed E-state index contributed by atoms with van der Waals surface area (Å²) in [6, 6.07) is 6.40. The Balaban J connectivity index is 3.02. The molecule has 1 aromatic rings. The number of benzene rings is 1. The second-order valence-corrected chi connectivity index (χ2v) is 3.99. The molecule has 0 aliphatic carbocycles. The van der Waals surface area contributed by atoms with Crippen LogP contribution in [0, 0.1) is 13.8 Å². The van der Waals surface area contributed by atoms with Crippen molar-refractivity contribution in [1.82, 2.24) is 0 Å². The molecule has 1 nitrogen and oxygen atoms in total. The van der Waals surface area contributed by atoms with Crippen LogP contribution in [0.15, 0.2) is 23.8 Å². The molecule has 0 aromatic heterocycles. The van der Waals surface area contributed by atoms with E-state index in [0.29, 0.717) is 0 Å². The van der Waals surface area contributed by atoms with Crippen LogP contribution in [0.25, 0.3) is 6.08 Å². The van der Waals surface area contributed by atoms with Crippen LogP contribution in [0.2, 0.25) is 0 Å². The van der Waals surface area contributed by atoms with Gasteiger partial charge in [0.15, 0.2) is 0 Å². The van der Waals surface area contributed by atoms with E-state index in [1.807, 2.05) is 13.0 Å². The summed E-state index contributed by atoms with van der Waals surface area (Å²) in [4.78, 5) is 0. The van der Waals surface area contributed by atoms with Crippen LogP contribution >= 0.6 is 0 Å². The molecule has 0 radical (unpaired) electrons. The first-order chi connectivity index (χ1) is 6.49. The second-order valence-electron chi connectivity index (χ2n) is 3.99. The van der Waals surface area contributed by atoms with E-state index in [1.54, 1.807) is 6.92 Å². The number of aryl methyl sites for hydroxylation is 2. The van der Waals surface area contributed by atoms with Crippen molar-refractivity contribution in [2.24, 2.45) is 0 Å². The molecule has 0 saturated carbocycles. The maximum atomic E-state index is 9.35. The van der Waals surface area contributed by atoms with E-state index in [1.165, 1.54) is 16.7 Å². The highest BCUT2D eigenvalue weighted by Crippen LogP contribution is 2.13. The Labute approximate surface area is 86.1 Å². The number of rotatable bonds is 2. The predicted octanol–water partition coefficient (Wildman–Crippen LogP) is 3.09. The molecule has 76 valence electrons. The normalized spacial score (nSPS) is 14.2. The van der Waals surface area contributed by atoms with Gasteiger partial charge in [0.1, 0.15) is 0 Å². The first-order valence-corrected chi connectivity index (χ1v) is 4.93. The Hall–Kier alpha value is -1.08. The molecule has 1 unspecified atom stereocenters. The van der Waals surface area contributed by atoms with Gasteiger partial charge in [-0.1, -0.05) is 35.4 Å². The summed E-state index contributed by atoms with van der Waals surface area (Å²) in [5.74, 6) is 0. The zero-order chi connectivity index (χ0) is 10.7. The first-order valence-electron chi connectivity index (χ1n) is 4.93. The average Bonchev–Trinajstić information content (AvgIpc) is 2.01. The summed E-state index contributed by atoms with van der Waals surface area (Å²) < 4.78 is 0. The number of aliphatic hydroxyl groups excluding tert-OH is 1. The fourth-order valence-electron chi connectivity index (χ4n) is 1.48. The molecular formula is C13H18O. The largest absolute Gasteiger partial charge is 0.389 e. The Morgan fingerprint density at radius 1 is 1.21 bits per heavy atom. The fraction of sp³-hybridized carbons (Fsp3) is 0.385. The van der Waals surface area contributed by atoms with Gasteiger partial charge in [-0.15, -0.1) is 0 Å². The Morgan fingerprint density at radius 2 is 1.71 bits per heavy atom. The lowest BCUT2D eigenvalue weighted by Crippen LogP contribution is -2.00. The van der Waals surface area contributed by atoms with Gasteiger partial charge in [-0.2, -0.15) is 0 Å². The summed E-state index contributed by atoms with van der Waals surface area (Å²) >= 11 is 0. The Kier molecular flexibility index (Phi) is 3.48. The van der Waals surface area contributed by atoms with Crippen molar-refractivity contribution in [2.45, 2.75) is 33.8 Å². The van der Waals surface area contributed by atoms with Gasteiger partial charge in [0.05, 0.1) is 6.10 Å². The van der Waals surface area contributed by atoms with Crippen LogP contribution in [0.3, 0.4) is 0 Å². The quantitative estimate of drug-likeness (QED) is 0.759. The van der Waals surface area contributed by atoms with Gasteiger partial charge in [-0.25, -0.2) is 0 Å². The topological polar surface area (TPSA) is 20.2 Å². The minimum atomic E-state index is -0.365. The summed E-state index contributed by atoms with van der Waals surface area (Å²) in [5.41, 5.74) is 4.68. The highest BCUT2D eigenvalue weighted by atomic mass is 16.3. The van der Waals surface area contributed by atoms with Gasteiger partial charge in [-0.3, -0.25) is 0 Å². The lowest BCUT2D eigenvalue weighted by atomic mass is 10.0. The van der Waals surface area contributed by atoms with Crippen molar-refractivity contribution in [3.8, 4) is 0 Å². The van der Waals surface area contributed by atoms with E-state index < -0.39 is 0 Å². The summed E-state index contributed by atoms with van der Waals surface area (Å²) in [5, 5.41) is 9.35. The SMILES string of the molecule is C/C(=C\c1cc(C)cc(C)c1)C(C)O. The van der Waals surface area contributed by atoms with Gasteiger partial charge in [-0.05, 0) is 38.8 Å². The maximum absolute atomic E-state index is 9.35. The molecule has 0 fully saturated rings. The third-order valence-corrected chi connectivity index (χ3v) is 2.30. The highest BCUT2D eigenvalue weighted by Gasteiger charge is 1.99. The second kappa shape index (κ2) is 4.43. The van der Waals surface area contributed by atoms with Crippen LogP contribution in [0.1, 0.15) is 30.5 Å². The molecule has 0 aliphatic rings. The molecule has 0 amide bonds. The molecule has 1 atom stereocenters. The zero-order valence-corrected chi connectivity index (χ0v) is 9.33. The third kappa shape index (κ3) is 3.00. The summed E-state index contributed by atoms with van der Waals surface area (Å²) in [6.07, 6.45) is 1.67. The van der Waals surface area contributed by atoms with Gasteiger partial charge >= 0.3 is 0 Å². The van der Waals surface area contributed by atoms with E-state index in [-0.39, 0.29) is 6.10 Å². The molecule has 1 rings (SSSR count). The van der Waals surface area contributed by atoms with Crippen LogP contribution in [-0.4, -0.2) is 11.2 Å². The Bertz CT molecular complexity index is 328.